The highest BCUT2D eigenvalue weighted by Gasteiger charge is 2.11. The van der Waals surface area contributed by atoms with Gasteiger partial charge in [-0.3, -0.25) is 14.3 Å². The lowest BCUT2D eigenvalue weighted by atomic mass is 10.2. The first-order chi connectivity index (χ1) is 14.0. The molecule has 0 aliphatic carbocycles. The van der Waals surface area contributed by atoms with Gasteiger partial charge in [-0.15, -0.1) is 0 Å². The molecule has 0 radical (unpaired) electrons. The number of aromatic nitrogens is 4. The van der Waals surface area contributed by atoms with E-state index in [1.165, 1.54) is 6.08 Å². The van der Waals surface area contributed by atoms with Crippen LogP contribution in [0.5, 0.6) is 0 Å². The topological polar surface area (TPSA) is 75.9 Å². The van der Waals surface area contributed by atoms with Crippen molar-refractivity contribution in [1.82, 2.24) is 24.0 Å². The lowest BCUT2D eigenvalue weighted by molar-refractivity contribution is -0.125. The summed E-state index contributed by atoms with van der Waals surface area (Å²) < 4.78 is 3.73. The summed E-state index contributed by atoms with van der Waals surface area (Å²) in [6.07, 6.45) is 4.91. The first-order valence-corrected chi connectivity index (χ1v) is 9.53. The van der Waals surface area contributed by atoms with Gasteiger partial charge in [-0.2, -0.15) is 0 Å². The smallest absolute Gasteiger partial charge is 0.327 e. The molecule has 1 aromatic carbocycles. The van der Waals surface area contributed by atoms with Gasteiger partial charge in [-0.05, 0) is 42.1 Å². The first-order valence-electron chi connectivity index (χ1n) is 9.53. The zero-order valence-corrected chi connectivity index (χ0v) is 16.7. The van der Waals surface area contributed by atoms with Gasteiger partial charge in [-0.1, -0.05) is 18.2 Å². The number of benzene rings is 1. The summed E-state index contributed by atoms with van der Waals surface area (Å²) in [6, 6.07) is 12.1. The summed E-state index contributed by atoms with van der Waals surface area (Å²) in [4.78, 5) is 33.2. The van der Waals surface area contributed by atoms with Gasteiger partial charge in [0.1, 0.15) is 0 Å². The summed E-state index contributed by atoms with van der Waals surface area (Å²) in [5.74, 6) is -0.0997. The molecule has 1 amide bonds. The van der Waals surface area contributed by atoms with Crippen LogP contribution < -0.4 is 5.69 Å². The molecule has 1 N–H and O–H groups in total. The predicted octanol–water partition coefficient (Wildman–Crippen LogP) is 2.91. The molecule has 7 nitrogen and oxygen atoms in total. The molecule has 4 rings (SSSR count). The zero-order valence-electron chi connectivity index (χ0n) is 16.7. The van der Waals surface area contributed by atoms with Crippen LogP contribution in [0.4, 0.5) is 0 Å². The molecule has 148 valence electrons. The molecule has 29 heavy (non-hydrogen) atoms. The van der Waals surface area contributed by atoms with Crippen molar-refractivity contribution in [3.05, 3.63) is 70.4 Å². The van der Waals surface area contributed by atoms with E-state index in [1.807, 2.05) is 32.2 Å². The molecular weight excluding hydrogens is 366 g/mol. The number of fused-ring (bicyclic) bond motifs is 2. The Bertz CT molecular complexity index is 1290. The number of likely N-dealkylation sites (N-methyl/N-ethyl adjacent to an activating group) is 1. The number of aromatic amines is 1. The third-order valence-electron chi connectivity index (χ3n) is 5.21. The Labute approximate surface area is 167 Å². The molecule has 3 aromatic heterocycles. The van der Waals surface area contributed by atoms with E-state index in [0.29, 0.717) is 18.7 Å². The van der Waals surface area contributed by atoms with Gasteiger partial charge in [0.25, 0.3) is 0 Å². The standard InChI is InChI=1S/C22H23N5O2/c1-4-27-19-11-15(13-23-21(19)24-22(27)29)9-10-20(28)25(2)14-17-12-16-7-5-6-8-18(16)26(17)3/h5-13H,4,14H2,1-3H3,(H,23,24,29). The van der Waals surface area contributed by atoms with E-state index in [4.69, 9.17) is 0 Å². The summed E-state index contributed by atoms with van der Waals surface area (Å²) in [5.41, 5.74) is 4.08. The molecule has 0 bridgehead atoms. The molecule has 0 saturated heterocycles. The second-order valence-corrected chi connectivity index (χ2v) is 7.09. The van der Waals surface area contributed by atoms with Crippen LogP contribution in [0.25, 0.3) is 28.1 Å². The molecule has 7 heteroatoms. The van der Waals surface area contributed by atoms with Crippen LogP contribution >= 0.6 is 0 Å². The third-order valence-corrected chi connectivity index (χ3v) is 5.21. The highest BCUT2D eigenvalue weighted by atomic mass is 16.2. The maximum Gasteiger partial charge on any atom is 0.327 e. The molecule has 3 heterocycles. The Morgan fingerprint density at radius 2 is 2.03 bits per heavy atom. The monoisotopic (exact) mass is 389 g/mol. The minimum atomic E-state index is -0.179. The van der Waals surface area contributed by atoms with Gasteiger partial charge >= 0.3 is 5.69 Å². The minimum Gasteiger partial charge on any atom is -0.346 e. The van der Waals surface area contributed by atoms with Crippen molar-refractivity contribution in [1.29, 1.82) is 0 Å². The number of hydrogen-bond donors (Lipinski definition) is 1. The summed E-state index contributed by atoms with van der Waals surface area (Å²) in [6.45, 7) is 2.97. The summed E-state index contributed by atoms with van der Waals surface area (Å²) in [7, 11) is 3.80. The maximum atomic E-state index is 12.6. The van der Waals surface area contributed by atoms with E-state index in [2.05, 4.69) is 32.7 Å². The van der Waals surface area contributed by atoms with E-state index in [0.717, 1.165) is 27.7 Å². The number of rotatable bonds is 5. The Balaban J connectivity index is 1.52. The largest absolute Gasteiger partial charge is 0.346 e. The van der Waals surface area contributed by atoms with Crippen molar-refractivity contribution in [3.8, 4) is 0 Å². The molecule has 0 unspecified atom stereocenters. The number of nitrogens with one attached hydrogen (secondary N) is 1. The van der Waals surface area contributed by atoms with Crippen molar-refractivity contribution in [2.24, 2.45) is 7.05 Å². The van der Waals surface area contributed by atoms with Crippen molar-refractivity contribution < 1.29 is 4.79 Å². The number of nitrogens with zero attached hydrogens (tertiary/aromatic N) is 4. The van der Waals surface area contributed by atoms with Crippen LogP contribution in [-0.2, 0) is 24.9 Å². The fourth-order valence-electron chi connectivity index (χ4n) is 3.57. The number of hydrogen-bond acceptors (Lipinski definition) is 3. The number of H-pyrrole nitrogens is 1. The van der Waals surface area contributed by atoms with Crippen LogP contribution in [-0.4, -0.2) is 37.0 Å². The van der Waals surface area contributed by atoms with Gasteiger partial charge < -0.3 is 9.47 Å². The van der Waals surface area contributed by atoms with E-state index in [-0.39, 0.29) is 11.6 Å². The van der Waals surface area contributed by atoms with Gasteiger partial charge in [0.05, 0.1) is 12.1 Å². The van der Waals surface area contributed by atoms with Gasteiger partial charge in [0.2, 0.25) is 5.91 Å². The quantitative estimate of drug-likeness (QED) is 0.533. The predicted molar refractivity (Wildman–Crippen MR) is 114 cm³/mol. The maximum absolute atomic E-state index is 12.6. The van der Waals surface area contributed by atoms with Crippen LogP contribution in [0.2, 0.25) is 0 Å². The first kappa shape index (κ1) is 18.7. The molecule has 0 saturated carbocycles. The SMILES string of the molecule is CCn1c(=O)[nH]c2ncc(C=CC(=O)N(C)Cc3cc4ccccc4n3C)cc21. The van der Waals surface area contributed by atoms with Crippen molar-refractivity contribution in [3.63, 3.8) is 0 Å². The van der Waals surface area contributed by atoms with Crippen LogP contribution in [0, 0.1) is 0 Å². The normalized spacial score (nSPS) is 11.7. The lowest BCUT2D eigenvalue weighted by Crippen LogP contribution is -2.25. The number of amides is 1. The van der Waals surface area contributed by atoms with Crippen molar-refractivity contribution in [2.45, 2.75) is 20.0 Å². The number of carbonyl (C=O) groups is 1. The zero-order chi connectivity index (χ0) is 20.5. The van der Waals surface area contributed by atoms with Crippen LogP contribution in [0.1, 0.15) is 18.2 Å². The summed E-state index contributed by atoms with van der Waals surface area (Å²) >= 11 is 0. The van der Waals surface area contributed by atoms with Crippen molar-refractivity contribution in [2.75, 3.05) is 7.05 Å². The average Bonchev–Trinajstić information content (AvgIpc) is 3.21. The Hall–Kier alpha value is -3.61. The lowest BCUT2D eigenvalue weighted by Gasteiger charge is -2.15. The molecule has 0 aliphatic heterocycles. The molecule has 0 aliphatic rings. The van der Waals surface area contributed by atoms with Gasteiger partial charge in [-0.25, -0.2) is 9.78 Å². The molecule has 0 fully saturated rings. The van der Waals surface area contributed by atoms with Crippen LogP contribution in [0.3, 0.4) is 0 Å². The molecule has 4 aromatic rings. The average molecular weight is 389 g/mol. The number of para-hydroxylation sites is 1. The molecule has 0 atom stereocenters. The van der Waals surface area contributed by atoms with E-state index in [9.17, 15) is 9.59 Å². The number of aryl methyl sites for hydroxylation is 2. The highest BCUT2D eigenvalue weighted by molar-refractivity contribution is 5.92. The van der Waals surface area contributed by atoms with E-state index >= 15 is 0 Å². The minimum absolute atomic E-state index is 0.0997. The second-order valence-electron chi connectivity index (χ2n) is 7.09. The fraction of sp³-hybridized carbons (Fsp3) is 0.227. The van der Waals surface area contributed by atoms with Gasteiger partial charge in [0.15, 0.2) is 5.65 Å². The van der Waals surface area contributed by atoms with Gasteiger partial charge in [0, 0.05) is 44.1 Å². The Morgan fingerprint density at radius 3 is 2.79 bits per heavy atom. The van der Waals surface area contributed by atoms with Crippen LogP contribution in [0.15, 0.2) is 53.5 Å². The van der Waals surface area contributed by atoms with Crippen molar-refractivity contribution >= 4 is 34.1 Å². The van der Waals surface area contributed by atoms with E-state index in [1.54, 1.807) is 28.8 Å². The highest BCUT2D eigenvalue weighted by Crippen LogP contribution is 2.19. The number of imidazole rings is 1. The number of carbonyl (C=O) groups excluding carboxylic acids is 1. The summed E-state index contributed by atoms with van der Waals surface area (Å²) in [5, 5.41) is 1.16. The Kier molecular flexibility index (Phi) is 4.80. The Morgan fingerprint density at radius 1 is 1.24 bits per heavy atom. The third kappa shape index (κ3) is 3.47. The number of pyridine rings is 1. The fourth-order valence-corrected chi connectivity index (χ4v) is 3.57. The molecular formula is C22H23N5O2. The van der Waals surface area contributed by atoms with E-state index < -0.39 is 0 Å². The second kappa shape index (κ2) is 7.43. The molecule has 0 spiro atoms.